The molecule has 0 unspecified atom stereocenters. The van der Waals surface area contributed by atoms with E-state index >= 15 is 0 Å². The van der Waals surface area contributed by atoms with Gasteiger partial charge in [-0.3, -0.25) is 0 Å². The van der Waals surface area contributed by atoms with E-state index in [0.29, 0.717) is 6.54 Å². The lowest BCUT2D eigenvalue weighted by atomic mass is 9.88. The standard InChI is InChI=1S/C12H24N2O2/c1-9(12(2,3)4)14-11(15)13-8-10-6-5-7-16-10/h9-10H,5-8H2,1-4H3,(H2,13,14,15)/t9-,10+/m1/s1. The minimum Gasteiger partial charge on any atom is -0.376 e. The molecule has 4 heteroatoms. The Morgan fingerprint density at radius 3 is 2.69 bits per heavy atom. The van der Waals surface area contributed by atoms with Gasteiger partial charge in [0.15, 0.2) is 0 Å². The maximum absolute atomic E-state index is 11.6. The van der Waals surface area contributed by atoms with Gasteiger partial charge in [0.25, 0.3) is 0 Å². The summed E-state index contributed by atoms with van der Waals surface area (Å²) in [4.78, 5) is 11.6. The van der Waals surface area contributed by atoms with Gasteiger partial charge in [-0.1, -0.05) is 20.8 Å². The Bertz CT molecular complexity index is 230. The van der Waals surface area contributed by atoms with Gasteiger partial charge in [0, 0.05) is 19.2 Å². The van der Waals surface area contributed by atoms with Crippen LogP contribution in [0.1, 0.15) is 40.5 Å². The number of ether oxygens (including phenoxy) is 1. The van der Waals surface area contributed by atoms with Gasteiger partial charge >= 0.3 is 6.03 Å². The zero-order valence-corrected chi connectivity index (χ0v) is 10.8. The van der Waals surface area contributed by atoms with Crippen molar-refractivity contribution in [1.82, 2.24) is 10.6 Å². The van der Waals surface area contributed by atoms with E-state index in [1.165, 1.54) is 0 Å². The molecule has 16 heavy (non-hydrogen) atoms. The molecule has 1 rings (SSSR count). The van der Waals surface area contributed by atoms with Crippen LogP contribution in [0, 0.1) is 5.41 Å². The highest BCUT2D eigenvalue weighted by Gasteiger charge is 2.22. The van der Waals surface area contributed by atoms with Crippen molar-refractivity contribution in [3.63, 3.8) is 0 Å². The van der Waals surface area contributed by atoms with Crippen LogP contribution in [0.25, 0.3) is 0 Å². The zero-order chi connectivity index (χ0) is 12.2. The van der Waals surface area contributed by atoms with E-state index in [9.17, 15) is 4.79 Å². The fraction of sp³-hybridized carbons (Fsp3) is 0.917. The Morgan fingerprint density at radius 1 is 1.50 bits per heavy atom. The van der Waals surface area contributed by atoms with Gasteiger partial charge in [-0.05, 0) is 25.2 Å². The Labute approximate surface area is 98.1 Å². The lowest BCUT2D eigenvalue weighted by molar-refractivity contribution is 0.111. The van der Waals surface area contributed by atoms with Crippen molar-refractivity contribution in [2.24, 2.45) is 5.41 Å². The molecular formula is C12H24N2O2. The number of hydrogen-bond acceptors (Lipinski definition) is 2. The van der Waals surface area contributed by atoms with Gasteiger partial charge in [0.2, 0.25) is 0 Å². The normalized spacial score (nSPS) is 22.9. The number of amides is 2. The molecule has 1 heterocycles. The summed E-state index contributed by atoms with van der Waals surface area (Å²) in [6, 6.07) is 0.0509. The van der Waals surface area contributed by atoms with Crippen LogP contribution in [0.4, 0.5) is 4.79 Å². The van der Waals surface area contributed by atoms with Crippen LogP contribution in [-0.4, -0.2) is 31.3 Å². The highest BCUT2D eigenvalue weighted by Crippen LogP contribution is 2.18. The predicted octanol–water partition coefficient (Wildman–Crippen LogP) is 1.90. The van der Waals surface area contributed by atoms with Gasteiger partial charge in [0.05, 0.1) is 6.10 Å². The summed E-state index contributed by atoms with van der Waals surface area (Å²) in [7, 11) is 0. The van der Waals surface area contributed by atoms with Crippen molar-refractivity contribution in [2.45, 2.75) is 52.7 Å². The van der Waals surface area contributed by atoms with E-state index in [-0.39, 0.29) is 23.6 Å². The Balaban J connectivity index is 2.20. The van der Waals surface area contributed by atoms with Gasteiger partial charge in [-0.2, -0.15) is 0 Å². The lowest BCUT2D eigenvalue weighted by Gasteiger charge is -2.28. The Kier molecular flexibility index (Phi) is 4.59. The number of rotatable bonds is 3. The summed E-state index contributed by atoms with van der Waals surface area (Å²) in [6.45, 7) is 9.79. The molecule has 2 atom stereocenters. The van der Waals surface area contributed by atoms with E-state index < -0.39 is 0 Å². The molecule has 0 bridgehead atoms. The van der Waals surface area contributed by atoms with Crippen molar-refractivity contribution >= 4 is 6.03 Å². The fourth-order valence-corrected chi connectivity index (χ4v) is 1.48. The Morgan fingerprint density at radius 2 is 2.19 bits per heavy atom. The van der Waals surface area contributed by atoms with Crippen LogP contribution < -0.4 is 10.6 Å². The predicted molar refractivity (Wildman–Crippen MR) is 64.4 cm³/mol. The number of carbonyl (C=O) groups excluding carboxylic acids is 1. The van der Waals surface area contributed by atoms with Crippen LogP contribution in [0.15, 0.2) is 0 Å². The first-order chi connectivity index (χ1) is 7.39. The minimum atomic E-state index is -0.0991. The van der Waals surface area contributed by atoms with E-state index in [1.54, 1.807) is 0 Å². The van der Waals surface area contributed by atoms with Gasteiger partial charge in [-0.15, -0.1) is 0 Å². The van der Waals surface area contributed by atoms with E-state index in [2.05, 4.69) is 31.4 Å². The van der Waals surface area contributed by atoms with Gasteiger partial charge < -0.3 is 15.4 Å². The first-order valence-electron chi connectivity index (χ1n) is 6.05. The van der Waals surface area contributed by atoms with Gasteiger partial charge in [0.1, 0.15) is 0 Å². The summed E-state index contributed by atoms with van der Waals surface area (Å²) in [5, 5.41) is 5.79. The van der Waals surface area contributed by atoms with E-state index in [1.807, 2.05) is 6.92 Å². The quantitative estimate of drug-likeness (QED) is 0.775. The first kappa shape index (κ1) is 13.3. The third kappa shape index (κ3) is 4.39. The maximum Gasteiger partial charge on any atom is 0.315 e. The molecule has 0 aromatic rings. The van der Waals surface area contributed by atoms with Crippen LogP contribution in [0.5, 0.6) is 0 Å². The number of urea groups is 1. The van der Waals surface area contributed by atoms with Crippen LogP contribution >= 0.6 is 0 Å². The third-order valence-electron chi connectivity index (χ3n) is 3.16. The molecule has 1 fully saturated rings. The molecule has 4 nitrogen and oxygen atoms in total. The zero-order valence-electron chi connectivity index (χ0n) is 10.8. The second-order valence-corrected chi connectivity index (χ2v) is 5.58. The molecule has 1 saturated heterocycles. The van der Waals surface area contributed by atoms with Crippen LogP contribution in [0.3, 0.4) is 0 Å². The largest absolute Gasteiger partial charge is 0.376 e. The maximum atomic E-state index is 11.6. The van der Waals surface area contributed by atoms with Crippen LogP contribution in [-0.2, 0) is 4.74 Å². The number of nitrogens with one attached hydrogen (secondary N) is 2. The molecule has 0 aromatic heterocycles. The summed E-state index contributed by atoms with van der Waals surface area (Å²) in [6.07, 6.45) is 2.36. The molecule has 0 saturated carbocycles. The van der Waals surface area contributed by atoms with Crippen molar-refractivity contribution in [2.75, 3.05) is 13.2 Å². The molecule has 0 aliphatic carbocycles. The molecule has 0 radical (unpaired) electrons. The van der Waals surface area contributed by atoms with Gasteiger partial charge in [-0.25, -0.2) is 4.79 Å². The summed E-state index contributed by atoms with van der Waals surface area (Å²) in [5.74, 6) is 0. The lowest BCUT2D eigenvalue weighted by Crippen LogP contribution is -2.47. The molecule has 94 valence electrons. The molecule has 1 aliphatic heterocycles. The smallest absolute Gasteiger partial charge is 0.315 e. The molecule has 1 aliphatic rings. The summed E-state index contributed by atoms with van der Waals surface area (Å²) in [5.41, 5.74) is 0.0845. The topological polar surface area (TPSA) is 50.4 Å². The third-order valence-corrected chi connectivity index (χ3v) is 3.16. The van der Waals surface area contributed by atoms with E-state index in [4.69, 9.17) is 4.74 Å². The minimum absolute atomic E-state index is 0.0845. The van der Waals surface area contributed by atoms with Crippen molar-refractivity contribution < 1.29 is 9.53 Å². The monoisotopic (exact) mass is 228 g/mol. The van der Waals surface area contributed by atoms with Crippen molar-refractivity contribution in [1.29, 1.82) is 0 Å². The molecule has 0 spiro atoms. The molecular weight excluding hydrogens is 204 g/mol. The second-order valence-electron chi connectivity index (χ2n) is 5.58. The Hall–Kier alpha value is -0.770. The summed E-state index contributed by atoms with van der Waals surface area (Å²) >= 11 is 0. The van der Waals surface area contributed by atoms with E-state index in [0.717, 1.165) is 19.4 Å². The molecule has 2 N–H and O–H groups in total. The van der Waals surface area contributed by atoms with Crippen molar-refractivity contribution in [3.05, 3.63) is 0 Å². The SMILES string of the molecule is C[C@@H](NC(=O)NC[C@@H]1CCCO1)C(C)(C)C. The average molecular weight is 228 g/mol. The highest BCUT2D eigenvalue weighted by atomic mass is 16.5. The number of hydrogen-bond donors (Lipinski definition) is 2. The average Bonchev–Trinajstić information content (AvgIpc) is 2.65. The highest BCUT2D eigenvalue weighted by molar-refractivity contribution is 5.74. The van der Waals surface area contributed by atoms with Crippen molar-refractivity contribution in [3.8, 4) is 0 Å². The van der Waals surface area contributed by atoms with Crippen LogP contribution in [0.2, 0.25) is 0 Å². The second kappa shape index (κ2) is 5.53. The first-order valence-corrected chi connectivity index (χ1v) is 6.05. The molecule has 0 aromatic carbocycles. The number of carbonyl (C=O) groups is 1. The summed E-state index contributed by atoms with van der Waals surface area (Å²) < 4.78 is 5.43. The molecule has 2 amide bonds. The fourth-order valence-electron chi connectivity index (χ4n) is 1.48.